The first-order chi connectivity index (χ1) is 28.0. The number of hydrogen-bond donors (Lipinski definition) is 4. The number of unbranched alkanes of at least 4 members (excludes halogenated alkanes) is 15. The number of carbonyl (C=O) groups excluding carboxylic acids is 2. The molecule has 0 rings (SSSR count). The van der Waals surface area contributed by atoms with E-state index in [4.69, 9.17) is 19.1 Å². The predicted molar refractivity (Wildman–Crippen MR) is 234 cm³/mol. The minimum atomic E-state index is -4.64. The molecule has 0 saturated carbocycles. The van der Waals surface area contributed by atoms with Crippen molar-refractivity contribution in [2.75, 3.05) is 26.4 Å². The molecule has 4 N–H and O–H groups in total. The second-order valence-corrected chi connectivity index (χ2v) is 17.2. The van der Waals surface area contributed by atoms with E-state index < -0.39 is 51.8 Å². The molecule has 0 aliphatic heterocycles. The molecular weight excluding hydrogens is 759 g/mol. The van der Waals surface area contributed by atoms with E-state index in [1.54, 1.807) is 0 Å². The number of allylic oxidation sites excluding steroid dienone is 7. The first-order valence-electron chi connectivity index (χ1n) is 22.5. The first kappa shape index (κ1) is 55.9. The molecule has 0 saturated heterocycles. The van der Waals surface area contributed by atoms with E-state index in [-0.39, 0.29) is 25.6 Å². The number of hydrogen-bond acceptors (Lipinski definition) is 10. The Hall–Kier alpha value is -2.11. The lowest BCUT2D eigenvalue weighted by atomic mass is 10.0. The van der Waals surface area contributed by atoms with Crippen LogP contribution in [-0.4, -0.2) is 76.9 Å². The summed E-state index contributed by atoms with van der Waals surface area (Å²) in [5.41, 5.74) is 0. The van der Waals surface area contributed by atoms with Crippen LogP contribution in [-0.2, 0) is 32.7 Å². The molecule has 0 bridgehead atoms. The summed E-state index contributed by atoms with van der Waals surface area (Å²) >= 11 is 0. The number of ether oxygens (including phenoxy) is 2. The molecule has 0 aliphatic rings. The summed E-state index contributed by atoms with van der Waals surface area (Å²) in [6, 6.07) is 0. The molecule has 0 heterocycles. The summed E-state index contributed by atoms with van der Waals surface area (Å²) in [5, 5.41) is 28.2. The van der Waals surface area contributed by atoms with Crippen molar-refractivity contribution >= 4 is 19.8 Å². The van der Waals surface area contributed by atoms with Crippen molar-refractivity contribution in [1.82, 2.24) is 0 Å². The number of esters is 2. The van der Waals surface area contributed by atoms with Crippen LogP contribution in [0.25, 0.3) is 0 Å². The minimum Gasteiger partial charge on any atom is -0.462 e. The van der Waals surface area contributed by atoms with E-state index in [1.165, 1.54) is 70.6 Å². The van der Waals surface area contributed by atoms with Gasteiger partial charge >= 0.3 is 19.8 Å². The Morgan fingerprint density at radius 2 is 1.10 bits per heavy atom. The van der Waals surface area contributed by atoms with Gasteiger partial charge in [0, 0.05) is 12.8 Å². The van der Waals surface area contributed by atoms with Crippen molar-refractivity contribution in [3.8, 4) is 0 Å². The zero-order valence-corrected chi connectivity index (χ0v) is 37.4. The van der Waals surface area contributed by atoms with Gasteiger partial charge in [-0.1, -0.05) is 172 Å². The van der Waals surface area contributed by atoms with Gasteiger partial charge in [-0.25, -0.2) is 4.57 Å². The Balaban J connectivity index is 4.38. The third kappa shape index (κ3) is 40.7. The molecule has 0 aromatic heterocycles. The Morgan fingerprint density at radius 3 is 1.66 bits per heavy atom. The molecule has 0 aromatic rings. The fourth-order valence-corrected chi connectivity index (χ4v) is 6.74. The third-order valence-electron chi connectivity index (χ3n) is 9.48. The quantitative estimate of drug-likeness (QED) is 0.0200. The fraction of sp³-hybridized carbons (Fsp3) is 0.783. The zero-order valence-electron chi connectivity index (χ0n) is 36.5. The highest BCUT2D eigenvalue weighted by Gasteiger charge is 2.27. The topological polar surface area (TPSA) is 169 Å². The Bertz CT molecular complexity index is 1140. The Kier molecular flexibility index (Phi) is 38.8. The van der Waals surface area contributed by atoms with Gasteiger partial charge in [0.1, 0.15) is 12.7 Å². The van der Waals surface area contributed by atoms with Gasteiger partial charge < -0.3 is 29.7 Å². The summed E-state index contributed by atoms with van der Waals surface area (Å²) in [6.45, 7) is 4.49. The van der Waals surface area contributed by atoms with E-state index in [0.717, 1.165) is 63.7 Å². The minimum absolute atomic E-state index is 0.149. The average molecular weight is 843 g/mol. The molecule has 4 atom stereocenters. The molecule has 1 unspecified atom stereocenters. The van der Waals surface area contributed by atoms with E-state index in [0.29, 0.717) is 19.3 Å². The summed E-state index contributed by atoms with van der Waals surface area (Å²) in [7, 11) is -4.64. The van der Waals surface area contributed by atoms with Gasteiger partial charge in [0.25, 0.3) is 0 Å². The smallest absolute Gasteiger partial charge is 0.462 e. The molecule has 0 spiro atoms. The van der Waals surface area contributed by atoms with Crippen LogP contribution in [0.5, 0.6) is 0 Å². The molecule has 0 fully saturated rings. The number of aliphatic hydroxyl groups excluding tert-OH is 3. The van der Waals surface area contributed by atoms with Crippen molar-refractivity contribution in [1.29, 1.82) is 0 Å². The Labute approximate surface area is 352 Å². The van der Waals surface area contributed by atoms with E-state index >= 15 is 0 Å². The van der Waals surface area contributed by atoms with Crippen LogP contribution >= 0.6 is 7.82 Å². The van der Waals surface area contributed by atoms with E-state index in [2.05, 4.69) is 49.6 Å². The third-order valence-corrected chi connectivity index (χ3v) is 10.4. The fourth-order valence-electron chi connectivity index (χ4n) is 5.95. The summed E-state index contributed by atoms with van der Waals surface area (Å²) in [4.78, 5) is 35.0. The zero-order chi connectivity index (χ0) is 43.0. The standard InChI is InChI=1S/C46H83O11P/c1-4-5-33-42(48)34-29-25-21-17-13-10-11-14-18-22-26-30-35-45(50)54-39-44(40-56-58(52,53)55-38-43(49)37-47)57-46(51)36-31-27-23-19-15-9-7-6-8-12-16-20-24-28-32-41(2)3/h10-11,17-18,21-22,29,34,41-44,47-49H,4-9,12-16,19-20,23-28,30-33,35-40H2,1-3H3,(H,52,53)/b11-10-,21-17-,22-18-,34-29-/t42-,43-,44+/m0/s1. The molecule has 338 valence electrons. The number of phosphoric acid groups is 1. The first-order valence-corrected chi connectivity index (χ1v) is 24.0. The van der Waals surface area contributed by atoms with Gasteiger partial charge in [0.15, 0.2) is 6.10 Å². The van der Waals surface area contributed by atoms with Crippen LogP contribution < -0.4 is 0 Å². The number of aliphatic hydroxyl groups is 3. The molecule has 11 nitrogen and oxygen atoms in total. The van der Waals surface area contributed by atoms with Crippen molar-refractivity contribution in [2.45, 2.75) is 200 Å². The number of carbonyl (C=O) groups is 2. The van der Waals surface area contributed by atoms with Crippen molar-refractivity contribution in [2.24, 2.45) is 5.92 Å². The van der Waals surface area contributed by atoms with Crippen LogP contribution in [0.2, 0.25) is 0 Å². The molecule has 0 aromatic carbocycles. The number of phosphoric ester groups is 1. The van der Waals surface area contributed by atoms with Gasteiger partial charge in [-0.05, 0) is 50.9 Å². The lowest BCUT2D eigenvalue weighted by Crippen LogP contribution is -2.29. The van der Waals surface area contributed by atoms with Crippen LogP contribution in [0, 0.1) is 5.92 Å². The van der Waals surface area contributed by atoms with E-state index in [9.17, 15) is 29.3 Å². The molecule has 0 aliphatic carbocycles. The maximum atomic E-state index is 12.6. The van der Waals surface area contributed by atoms with E-state index in [1.807, 2.05) is 24.3 Å². The highest BCUT2D eigenvalue weighted by atomic mass is 31.2. The molecular formula is C46H83O11P. The van der Waals surface area contributed by atoms with Gasteiger partial charge in [-0.2, -0.15) is 0 Å². The van der Waals surface area contributed by atoms with Gasteiger partial charge in [-0.3, -0.25) is 18.6 Å². The maximum absolute atomic E-state index is 12.6. The average Bonchev–Trinajstić information content (AvgIpc) is 3.19. The Morgan fingerprint density at radius 1 is 0.603 bits per heavy atom. The van der Waals surface area contributed by atoms with Crippen molar-refractivity contribution < 1.29 is 52.9 Å². The SMILES string of the molecule is CCCC[C@H](O)/C=C\C/C=C\C/C=C\C/C=C\CCCC(=O)OC[C@H](COP(=O)(O)OC[C@@H](O)CO)OC(=O)CCCCCCCCCCCCCCCCC(C)C. The summed E-state index contributed by atoms with van der Waals surface area (Å²) < 4.78 is 32.7. The normalized spacial score (nSPS) is 14.9. The largest absolute Gasteiger partial charge is 0.472 e. The predicted octanol–water partition coefficient (Wildman–Crippen LogP) is 10.9. The van der Waals surface area contributed by atoms with Crippen LogP contribution in [0.1, 0.15) is 181 Å². The van der Waals surface area contributed by atoms with Gasteiger partial charge in [0.05, 0.1) is 25.9 Å². The second kappa shape index (κ2) is 40.3. The van der Waals surface area contributed by atoms with Gasteiger partial charge in [-0.15, -0.1) is 0 Å². The monoisotopic (exact) mass is 843 g/mol. The lowest BCUT2D eigenvalue weighted by molar-refractivity contribution is -0.161. The maximum Gasteiger partial charge on any atom is 0.472 e. The molecule has 58 heavy (non-hydrogen) atoms. The lowest BCUT2D eigenvalue weighted by Gasteiger charge is -2.20. The van der Waals surface area contributed by atoms with Crippen molar-refractivity contribution in [3.63, 3.8) is 0 Å². The molecule has 0 radical (unpaired) electrons. The highest BCUT2D eigenvalue weighted by molar-refractivity contribution is 7.47. The van der Waals surface area contributed by atoms with Crippen molar-refractivity contribution in [3.05, 3.63) is 48.6 Å². The van der Waals surface area contributed by atoms with Crippen LogP contribution in [0.15, 0.2) is 48.6 Å². The molecule has 12 heteroatoms. The summed E-state index contributed by atoms with van der Waals surface area (Å²) in [5.74, 6) is -0.195. The van der Waals surface area contributed by atoms with Crippen LogP contribution in [0.3, 0.4) is 0 Å². The number of rotatable bonds is 41. The van der Waals surface area contributed by atoms with Crippen LogP contribution in [0.4, 0.5) is 0 Å². The molecule has 0 amide bonds. The second-order valence-electron chi connectivity index (χ2n) is 15.7. The summed E-state index contributed by atoms with van der Waals surface area (Å²) in [6.07, 6.45) is 38.5. The van der Waals surface area contributed by atoms with Gasteiger partial charge in [0.2, 0.25) is 0 Å². The highest BCUT2D eigenvalue weighted by Crippen LogP contribution is 2.43.